The molecule has 0 spiro atoms. The lowest BCUT2D eigenvalue weighted by Crippen LogP contribution is -2.15. The topological polar surface area (TPSA) is 110 Å². The Morgan fingerprint density at radius 2 is 1.89 bits per heavy atom. The first-order chi connectivity index (χ1) is 13.7. The molecule has 0 radical (unpaired) electrons. The number of hydrogen-bond acceptors (Lipinski definition) is 6. The summed E-state index contributed by atoms with van der Waals surface area (Å²) < 4.78 is 5.18. The lowest BCUT2D eigenvalue weighted by molar-refractivity contribution is -0.117. The molecule has 8 heteroatoms. The standard InChI is InChI=1S/C20H19N5O3/c26-17(9-10-18-24-19(25-28-18)16-6-1-2-11-21-16)22-14-4-3-5-15(12-14)23-20(27)13-7-8-13/h1-6,11-13H,7-10H2,(H,22,26)(H,23,27). The molecule has 1 fully saturated rings. The Bertz CT molecular complexity index is 982. The molecule has 0 bridgehead atoms. The molecule has 2 aromatic heterocycles. The fourth-order valence-electron chi connectivity index (χ4n) is 2.66. The second kappa shape index (κ2) is 7.99. The molecule has 2 N–H and O–H groups in total. The third-order valence-corrected chi connectivity index (χ3v) is 4.29. The molecule has 3 aromatic rings. The molecule has 8 nitrogen and oxygen atoms in total. The first-order valence-corrected chi connectivity index (χ1v) is 9.12. The molecular formula is C20H19N5O3. The summed E-state index contributed by atoms with van der Waals surface area (Å²) in [7, 11) is 0. The number of rotatable bonds is 7. The normalized spacial score (nSPS) is 13.1. The minimum atomic E-state index is -0.178. The fraction of sp³-hybridized carbons (Fsp3) is 0.250. The summed E-state index contributed by atoms with van der Waals surface area (Å²) in [5, 5.41) is 9.57. The highest BCUT2D eigenvalue weighted by molar-refractivity contribution is 5.95. The molecule has 2 heterocycles. The molecule has 2 amide bonds. The Morgan fingerprint density at radius 1 is 1.07 bits per heavy atom. The van der Waals surface area contributed by atoms with Crippen LogP contribution in [0.3, 0.4) is 0 Å². The first-order valence-electron chi connectivity index (χ1n) is 9.12. The summed E-state index contributed by atoms with van der Waals surface area (Å²) in [6, 6.07) is 12.5. The molecule has 4 rings (SSSR count). The first kappa shape index (κ1) is 17.8. The van der Waals surface area contributed by atoms with Crippen LogP contribution in [0.2, 0.25) is 0 Å². The average Bonchev–Trinajstić information content (AvgIpc) is 3.46. The van der Waals surface area contributed by atoms with Gasteiger partial charge in [0, 0.05) is 36.3 Å². The second-order valence-corrected chi connectivity index (χ2v) is 6.62. The number of amides is 2. The number of hydrogen-bond donors (Lipinski definition) is 2. The minimum Gasteiger partial charge on any atom is -0.339 e. The Hall–Kier alpha value is -3.55. The number of benzene rings is 1. The maximum Gasteiger partial charge on any atom is 0.227 e. The lowest BCUT2D eigenvalue weighted by Gasteiger charge is -2.08. The van der Waals surface area contributed by atoms with Crippen LogP contribution >= 0.6 is 0 Å². The van der Waals surface area contributed by atoms with Crippen molar-refractivity contribution >= 4 is 23.2 Å². The van der Waals surface area contributed by atoms with Crippen LogP contribution in [0.15, 0.2) is 53.2 Å². The van der Waals surface area contributed by atoms with Crippen LogP contribution in [0.5, 0.6) is 0 Å². The molecule has 1 aromatic carbocycles. The summed E-state index contributed by atoms with van der Waals surface area (Å²) in [5.74, 6) is 0.756. The number of aromatic nitrogens is 3. The number of nitrogens with zero attached hydrogens (tertiary/aromatic N) is 3. The number of pyridine rings is 1. The summed E-state index contributed by atoms with van der Waals surface area (Å²) in [6.45, 7) is 0. The number of aryl methyl sites for hydroxylation is 1. The predicted molar refractivity (Wildman–Crippen MR) is 102 cm³/mol. The van der Waals surface area contributed by atoms with Gasteiger partial charge in [-0.15, -0.1) is 0 Å². The van der Waals surface area contributed by atoms with Crippen molar-refractivity contribution in [1.29, 1.82) is 0 Å². The minimum absolute atomic E-state index is 0.0311. The van der Waals surface area contributed by atoms with Gasteiger partial charge in [-0.05, 0) is 43.2 Å². The van der Waals surface area contributed by atoms with Crippen molar-refractivity contribution in [2.24, 2.45) is 5.92 Å². The Labute approximate surface area is 161 Å². The summed E-state index contributed by atoms with van der Waals surface area (Å²) in [6.07, 6.45) is 4.06. The smallest absolute Gasteiger partial charge is 0.227 e. The molecule has 0 atom stereocenters. The van der Waals surface area contributed by atoms with E-state index in [4.69, 9.17) is 4.52 Å². The van der Waals surface area contributed by atoms with Crippen LogP contribution in [0.1, 0.15) is 25.2 Å². The molecule has 0 aliphatic heterocycles. The van der Waals surface area contributed by atoms with E-state index < -0.39 is 0 Å². The van der Waals surface area contributed by atoms with Gasteiger partial charge >= 0.3 is 0 Å². The van der Waals surface area contributed by atoms with Crippen LogP contribution in [-0.2, 0) is 16.0 Å². The van der Waals surface area contributed by atoms with Gasteiger partial charge in [0.25, 0.3) is 0 Å². The van der Waals surface area contributed by atoms with Gasteiger partial charge in [-0.2, -0.15) is 4.98 Å². The molecular weight excluding hydrogens is 358 g/mol. The summed E-state index contributed by atoms with van der Waals surface area (Å²) in [5.41, 5.74) is 1.91. The van der Waals surface area contributed by atoms with Crippen molar-refractivity contribution in [1.82, 2.24) is 15.1 Å². The van der Waals surface area contributed by atoms with Crippen LogP contribution in [0.25, 0.3) is 11.5 Å². The van der Waals surface area contributed by atoms with Gasteiger partial charge in [0.2, 0.25) is 23.5 Å². The zero-order valence-corrected chi connectivity index (χ0v) is 15.1. The van der Waals surface area contributed by atoms with Gasteiger partial charge in [0.1, 0.15) is 5.69 Å². The van der Waals surface area contributed by atoms with E-state index in [0.717, 1.165) is 12.8 Å². The van der Waals surface area contributed by atoms with E-state index in [0.29, 0.717) is 35.2 Å². The van der Waals surface area contributed by atoms with Gasteiger partial charge in [-0.25, -0.2) is 0 Å². The highest BCUT2D eigenvalue weighted by Gasteiger charge is 2.29. The van der Waals surface area contributed by atoms with Crippen LogP contribution in [-0.4, -0.2) is 26.9 Å². The highest BCUT2D eigenvalue weighted by Crippen LogP contribution is 2.30. The van der Waals surface area contributed by atoms with E-state index in [1.54, 1.807) is 42.6 Å². The number of nitrogens with one attached hydrogen (secondary N) is 2. The van der Waals surface area contributed by atoms with Crippen molar-refractivity contribution in [2.75, 3.05) is 10.6 Å². The van der Waals surface area contributed by atoms with Crippen LogP contribution in [0, 0.1) is 5.92 Å². The lowest BCUT2D eigenvalue weighted by atomic mass is 10.2. The molecule has 28 heavy (non-hydrogen) atoms. The summed E-state index contributed by atoms with van der Waals surface area (Å²) >= 11 is 0. The van der Waals surface area contributed by atoms with E-state index in [2.05, 4.69) is 25.8 Å². The molecule has 1 aliphatic rings. The van der Waals surface area contributed by atoms with Crippen molar-refractivity contribution in [2.45, 2.75) is 25.7 Å². The summed E-state index contributed by atoms with van der Waals surface area (Å²) in [4.78, 5) is 32.5. The van der Waals surface area contributed by atoms with Gasteiger partial charge in [-0.3, -0.25) is 14.6 Å². The van der Waals surface area contributed by atoms with Gasteiger partial charge in [0.05, 0.1) is 0 Å². The van der Waals surface area contributed by atoms with E-state index in [1.165, 1.54) is 0 Å². The predicted octanol–water partition coefficient (Wildman–Crippen LogP) is 3.05. The van der Waals surface area contributed by atoms with Crippen molar-refractivity contribution in [3.63, 3.8) is 0 Å². The van der Waals surface area contributed by atoms with E-state index >= 15 is 0 Å². The molecule has 0 saturated heterocycles. The average molecular weight is 377 g/mol. The molecule has 1 aliphatic carbocycles. The second-order valence-electron chi connectivity index (χ2n) is 6.62. The van der Waals surface area contributed by atoms with Gasteiger partial charge < -0.3 is 15.2 Å². The van der Waals surface area contributed by atoms with Gasteiger partial charge in [-0.1, -0.05) is 17.3 Å². The van der Waals surface area contributed by atoms with Gasteiger partial charge in [0.15, 0.2) is 0 Å². The van der Waals surface area contributed by atoms with E-state index in [9.17, 15) is 9.59 Å². The van der Waals surface area contributed by atoms with Crippen molar-refractivity contribution in [3.8, 4) is 11.5 Å². The Kier molecular flexibility index (Phi) is 5.09. The quantitative estimate of drug-likeness (QED) is 0.655. The van der Waals surface area contributed by atoms with Crippen LogP contribution < -0.4 is 10.6 Å². The Morgan fingerprint density at radius 3 is 2.64 bits per heavy atom. The highest BCUT2D eigenvalue weighted by atomic mass is 16.5. The van der Waals surface area contributed by atoms with Crippen LogP contribution in [0.4, 0.5) is 11.4 Å². The third-order valence-electron chi connectivity index (χ3n) is 4.29. The fourth-order valence-corrected chi connectivity index (χ4v) is 2.66. The Balaban J connectivity index is 1.30. The molecule has 142 valence electrons. The number of carbonyl (C=O) groups excluding carboxylic acids is 2. The van der Waals surface area contributed by atoms with E-state index in [1.807, 2.05) is 6.07 Å². The van der Waals surface area contributed by atoms with Crippen molar-refractivity contribution < 1.29 is 14.1 Å². The SMILES string of the molecule is O=C(CCc1nc(-c2ccccn2)no1)Nc1cccc(NC(=O)C2CC2)c1. The van der Waals surface area contributed by atoms with E-state index in [-0.39, 0.29) is 24.2 Å². The largest absolute Gasteiger partial charge is 0.339 e. The third kappa shape index (κ3) is 4.59. The maximum absolute atomic E-state index is 12.2. The maximum atomic E-state index is 12.2. The zero-order chi connectivity index (χ0) is 19.3. The monoisotopic (exact) mass is 377 g/mol. The number of anilines is 2. The molecule has 0 unspecified atom stereocenters. The zero-order valence-electron chi connectivity index (χ0n) is 15.1. The molecule has 1 saturated carbocycles. The van der Waals surface area contributed by atoms with Crippen molar-refractivity contribution in [3.05, 3.63) is 54.6 Å². The number of carbonyl (C=O) groups is 2.